The van der Waals surface area contributed by atoms with E-state index in [2.05, 4.69) is 21.2 Å². The number of fused-ring (bicyclic) bond motifs is 1. The summed E-state index contributed by atoms with van der Waals surface area (Å²) in [6, 6.07) is 5.59. The van der Waals surface area contributed by atoms with Crippen LogP contribution in [-0.4, -0.2) is 35.8 Å². The highest BCUT2D eigenvalue weighted by Gasteiger charge is 2.23. The molecule has 0 radical (unpaired) electrons. The average Bonchev–Trinajstić information content (AvgIpc) is 2.73. The van der Waals surface area contributed by atoms with Gasteiger partial charge in [0.1, 0.15) is 5.58 Å². The highest BCUT2D eigenvalue weighted by molar-refractivity contribution is 9.10. The first-order valence-corrected chi connectivity index (χ1v) is 8.13. The van der Waals surface area contributed by atoms with Crippen molar-refractivity contribution < 1.29 is 14.0 Å². The molecule has 0 aliphatic heterocycles. The third kappa shape index (κ3) is 4.13. The smallest absolute Gasteiger partial charge is 0.290 e. The molecule has 0 aliphatic rings. The quantitative estimate of drug-likeness (QED) is 0.886. The predicted molar refractivity (Wildman–Crippen MR) is 93.5 cm³/mol. The second-order valence-corrected chi connectivity index (χ2v) is 7.57. The van der Waals surface area contributed by atoms with Crippen LogP contribution in [0.25, 0.3) is 11.0 Å². The fourth-order valence-corrected chi connectivity index (χ4v) is 2.68. The molecular weight excluding hydrogens is 360 g/mol. The predicted octanol–water partition coefficient (Wildman–Crippen LogP) is 3.49. The molecule has 5 nitrogen and oxygen atoms in total. The van der Waals surface area contributed by atoms with Gasteiger partial charge in [0.05, 0.1) is 6.54 Å². The van der Waals surface area contributed by atoms with E-state index < -0.39 is 0 Å². The van der Waals surface area contributed by atoms with Crippen LogP contribution in [0.2, 0.25) is 0 Å². The highest BCUT2D eigenvalue weighted by Crippen LogP contribution is 2.28. The Balaban J connectivity index is 2.20. The normalized spacial score (nSPS) is 11.6. The number of benzene rings is 1. The van der Waals surface area contributed by atoms with Gasteiger partial charge in [0.2, 0.25) is 5.91 Å². The summed E-state index contributed by atoms with van der Waals surface area (Å²) in [7, 11) is 1.59. The van der Waals surface area contributed by atoms with Crippen molar-refractivity contribution >= 4 is 38.7 Å². The zero-order chi connectivity index (χ0) is 17.4. The Bertz CT molecular complexity index is 759. The minimum Gasteiger partial charge on any atom is -0.451 e. The average molecular weight is 381 g/mol. The summed E-state index contributed by atoms with van der Waals surface area (Å²) in [5, 5.41) is 3.72. The number of amides is 2. The number of hydrogen-bond donors (Lipinski definition) is 1. The van der Waals surface area contributed by atoms with Gasteiger partial charge < -0.3 is 14.6 Å². The van der Waals surface area contributed by atoms with Gasteiger partial charge in [-0.2, -0.15) is 0 Å². The number of furan rings is 1. The van der Waals surface area contributed by atoms with Crippen molar-refractivity contribution in [1.82, 2.24) is 10.2 Å². The zero-order valence-electron chi connectivity index (χ0n) is 14.0. The molecular formula is C17H21BrN2O3. The van der Waals surface area contributed by atoms with Crippen molar-refractivity contribution in [3.63, 3.8) is 0 Å². The molecule has 1 aromatic carbocycles. The summed E-state index contributed by atoms with van der Waals surface area (Å²) in [5.41, 5.74) is 1.10. The Morgan fingerprint density at radius 3 is 2.57 bits per heavy atom. The molecule has 0 fully saturated rings. The van der Waals surface area contributed by atoms with E-state index in [1.54, 1.807) is 7.05 Å². The van der Waals surface area contributed by atoms with Crippen molar-refractivity contribution in [2.24, 2.45) is 0 Å². The van der Waals surface area contributed by atoms with Crippen LogP contribution in [-0.2, 0) is 4.79 Å². The van der Waals surface area contributed by atoms with Crippen LogP contribution in [0.1, 0.15) is 36.9 Å². The van der Waals surface area contributed by atoms with Gasteiger partial charge in [0, 0.05) is 28.0 Å². The van der Waals surface area contributed by atoms with Gasteiger partial charge in [-0.1, -0.05) is 15.9 Å². The van der Waals surface area contributed by atoms with Crippen molar-refractivity contribution in [3.8, 4) is 0 Å². The maximum atomic E-state index is 12.6. The number of aryl methyl sites for hydroxylation is 1. The van der Waals surface area contributed by atoms with E-state index in [-0.39, 0.29) is 29.7 Å². The molecule has 6 heteroatoms. The van der Waals surface area contributed by atoms with E-state index in [1.165, 1.54) is 4.90 Å². The number of carbonyl (C=O) groups is 2. The number of nitrogens with zero attached hydrogens (tertiary/aromatic N) is 1. The topological polar surface area (TPSA) is 62.6 Å². The number of halogens is 1. The lowest BCUT2D eigenvalue weighted by Gasteiger charge is -2.23. The number of carbonyl (C=O) groups excluding carboxylic acids is 2. The van der Waals surface area contributed by atoms with E-state index in [4.69, 9.17) is 4.42 Å². The molecule has 0 aliphatic carbocycles. The second-order valence-electron chi connectivity index (χ2n) is 6.66. The third-order valence-corrected chi connectivity index (χ3v) is 3.83. The summed E-state index contributed by atoms with van der Waals surface area (Å²) in [6.07, 6.45) is 0. The molecule has 2 aromatic rings. The van der Waals surface area contributed by atoms with E-state index in [9.17, 15) is 9.59 Å². The number of rotatable bonds is 3. The van der Waals surface area contributed by atoms with Crippen LogP contribution in [0.5, 0.6) is 0 Å². The summed E-state index contributed by atoms with van der Waals surface area (Å²) in [6.45, 7) is 7.51. The molecule has 1 N–H and O–H groups in total. The van der Waals surface area contributed by atoms with Crippen LogP contribution in [0.4, 0.5) is 0 Å². The Labute approximate surface area is 144 Å². The monoisotopic (exact) mass is 380 g/mol. The molecule has 0 saturated carbocycles. The van der Waals surface area contributed by atoms with Crippen molar-refractivity contribution in [1.29, 1.82) is 0 Å². The van der Waals surface area contributed by atoms with Gasteiger partial charge in [-0.15, -0.1) is 0 Å². The van der Waals surface area contributed by atoms with Crippen LogP contribution in [0, 0.1) is 6.92 Å². The highest BCUT2D eigenvalue weighted by atomic mass is 79.9. The lowest BCUT2D eigenvalue weighted by Crippen LogP contribution is -2.46. The zero-order valence-corrected chi connectivity index (χ0v) is 15.6. The fourth-order valence-electron chi connectivity index (χ4n) is 2.32. The van der Waals surface area contributed by atoms with Gasteiger partial charge in [0.25, 0.3) is 5.91 Å². The largest absolute Gasteiger partial charge is 0.451 e. The Kier molecular flexibility index (Phi) is 4.84. The van der Waals surface area contributed by atoms with Gasteiger partial charge in [0.15, 0.2) is 5.76 Å². The number of likely N-dealkylation sites (N-methyl/N-ethyl adjacent to an activating group) is 1. The molecule has 23 heavy (non-hydrogen) atoms. The molecule has 0 unspecified atom stereocenters. The minimum atomic E-state index is -0.331. The molecule has 0 bridgehead atoms. The molecule has 1 aromatic heterocycles. The van der Waals surface area contributed by atoms with Crippen LogP contribution in [0.15, 0.2) is 27.1 Å². The minimum absolute atomic E-state index is 0.0176. The maximum Gasteiger partial charge on any atom is 0.290 e. The molecule has 2 rings (SSSR count). The van der Waals surface area contributed by atoms with Gasteiger partial charge in [-0.3, -0.25) is 9.59 Å². The van der Waals surface area contributed by atoms with E-state index >= 15 is 0 Å². The summed E-state index contributed by atoms with van der Waals surface area (Å²) >= 11 is 3.41. The Morgan fingerprint density at radius 1 is 1.30 bits per heavy atom. The van der Waals surface area contributed by atoms with Crippen molar-refractivity contribution in [3.05, 3.63) is 34.0 Å². The van der Waals surface area contributed by atoms with E-state index in [1.807, 2.05) is 45.9 Å². The summed E-state index contributed by atoms with van der Waals surface area (Å²) in [5.74, 6) is -0.243. The van der Waals surface area contributed by atoms with E-state index in [0.29, 0.717) is 5.58 Å². The lowest BCUT2D eigenvalue weighted by molar-refractivity contribution is -0.122. The summed E-state index contributed by atoms with van der Waals surface area (Å²) < 4.78 is 6.60. The van der Waals surface area contributed by atoms with Gasteiger partial charge in [-0.25, -0.2) is 0 Å². The first-order chi connectivity index (χ1) is 10.6. The first-order valence-electron chi connectivity index (χ1n) is 7.33. The van der Waals surface area contributed by atoms with Crippen molar-refractivity contribution in [2.75, 3.05) is 13.6 Å². The van der Waals surface area contributed by atoms with Crippen LogP contribution < -0.4 is 5.32 Å². The molecule has 0 saturated heterocycles. The number of hydrogen-bond acceptors (Lipinski definition) is 3. The van der Waals surface area contributed by atoms with E-state index in [0.717, 1.165) is 15.4 Å². The van der Waals surface area contributed by atoms with Crippen LogP contribution >= 0.6 is 15.9 Å². The first kappa shape index (κ1) is 17.5. The molecule has 0 atom stereocenters. The lowest BCUT2D eigenvalue weighted by atomic mass is 10.1. The molecule has 0 spiro atoms. The van der Waals surface area contributed by atoms with Crippen LogP contribution in [0.3, 0.4) is 0 Å². The second kappa shape index (κ2) is 6.35. The van der Waals surface area contributed by atoms with Crippen molar-refractivity contribution in [2.45, 2.75) is 33.2 Å². The molecule has 1 heterocycles. The van der Waals surface area contributed by atoms with Gasteiger partial charge in [-0.05, 0) is 45.9 Å². The standard InChI is InChI=1S/C17H21BrN2O3/c1-10-12-8-11(18)6-7-13(12)23-15(10)16(22)20(5)9-14(21)19-17(2,3)4/h6-8H,9H2,1-5H3,(H,19,21). The molecule has 2 amide bonds. The SMILES string of the molecule is Cc1c(C(=O)N(C)CC(=O)NC(C)(C)C)oc2ccc(Br)cc12. The summed E-state index contributed by atoms with van der Waals surface area (Å²) in [4.78, 5) is 25.9. The Hall–Kier alpha value is -1.82. The molecule has 124 valence electrons. The third-order valence-electron chi connectivity index (χ3n) is 3.33. The maximum absolute atomic E-state index is 12.6. The Morgan fingerprint density at radius 2 is 1.96 bits per heavy atom. The fraction of sp³-hybridized carbons (Fsp3) is 0.412. The van der Waals surface area contributed by atoms with Gasteiger partial charge >= 0.3 is 0 Å². The number of nitrogens with one attached hydrogen (secondary N) is 1.